The zero-order chi connectivity index (χ0) is 9.84. The van der Waals surface area contributed by atoms with Gasteiger partial charge in [-0.2, -0.15) is 0 Å². The second kappa shape index (κ2) is 4.56. The molecule has 1 unspecified atom stereocenters. The highest BCUT2D eigenvalue weighted by molar-refractivity contribution is 7.18. The van der Waals surface area contributed by atoms with E-state index in [1.807, 2.05) is 0 Å². The summed E-state index contributed by atoms with van der Waals surface area (Å²) in [6.45, 7) is 3.53. The third-order valence-corrected chi connectivity index (χ3v) is 2.82. The Hall–Kier alpha value is -0.640. The van der Waals surface area contributed by atoms with Crippen LogP contribution in [-0.4, -0.2) is 11.8 Å². The number of rotatable bonds is 4. The van der Waals surface area contributed by atoms with E-state index in [4.69, 9.17) is 17.3 Å². The number of Topliss-reactive ketones (excluding diaryl/α,β-unsaturated/α-hetero) is 1. The highest BCUT2D eigenvalue weighted by Crippen LogP contribution is 2.22. The molecule has 1 aromatic heterocycles. The molecule has 0 radical (unpaired) electrons. The van der Waals surface area contributed by atoms with Crippen LogP contribution >= 0.6 is 22.9 Å². The quantitative estimate of drug-likeness (QED) is 0.620. The summed E-state index contributed by atoms with van der Waals surface area (Å²) in [6.07, 6.45) is 2.13. The molecule has 4 heteroatoms. The summed E-state index contributed by atoms with van der Waals surface area (Å²) < 4.78 is 0.606. The van der Waals surface area contributed by atoms with Crippen molar-refractivity contribution in [2.24, 2.45) is 5.73 Å². The van der Waals surface area contributed by atoms with E-state index < -0.39 is 6.04 Å². The minimum Gasteiger partial charge on any atom is -0.321 e. The number of thiophene rings is 1. The highest BCUT2D eigenvalue weighted by Gasteiger charge is 2.15. The normalized spacial score (nSPS) is 12.5. The summed E-state index contributed by atoms with van der Waals surface area (Å²) in [5.74, 6) is -0.0724. The molecule has 1 atom stereocenters. The Labute approximate surface area is 86.0 Å². The highest BCUT2D eigenvalue weighted by atomic mass is 35.5. The van der Waals surface area contributed by atoms with Crippen molar-refractivity contribution >= 4 is 28.7 Å². The molecule has 13 heavy (non-hydrogen) atoms. The molecule has 2 nitrogen and oxygen atoms in total. The summed E-state index contributed by atoms with van der Waals surface area (Å²) in [4.78, 5) is 12.1. The van der Waals surface area contributed by atoms with Crippen LogP contribution in [0.25, 0.3) is 0 Å². The Morgan fingerprint density at radius 1 is 1.77 bits per heavy atom. The Bertz CT molecular complexity index is 321. The van der Waals surface area contributed by atoms with Gasteiger partial charge in [0.05, 0.1) is 15.3 Å². The maximum absolute atomic E-state index is 11.5. The third-order valence-electron chi connectivity index (χ3n) is 1.57. The van der Waals surface area contributed by atoms with Gasteiger partial charge in [0, 0.05) is 0 Å². The van der Waals surface area contributed by atoms with E-state index in [2.05, 4.69) is 6.58 Å². The average Bonchev–Trinajstić information content (AvgIpc) is 2.51. The number of ketones is 1. The standard InChI is InChI=1S/C9H10ClNOS/c1-2-3-6(11)9(12)7-4-5-8(10)13-7/h2,4-6H,1,3,11H2. The summed E-state index contributed by atoms with van der Waals surface area (Å²) in [5, 5.41) is 0. The molecule has 0 bridgehead atoms. The first-order valence-electron chi connectivity index (χ1n) is 3.81. The lowest BCUT2D eigenvalue weighted by Crippen LogP contribution is -2.29. The molecule has 70 valence electrons. The molecule has 0 amide bonds. The second-order valence-electron chi connectivity index (χ2n) is 2.60. The van der Waals surface area contributed by atoms with E-state index in [0.29, 0.717) is 15.6 Å². The van der Waals surface area contributed by atoms with Crippen molar-refractivity contribution in [3.05, 3.63) is 34.0 Å². The number of halogens is 1. The first kappa shape index (κ1) is 10.4. The summed E-state index contributed by atoms with van der Waals surface area (Å²) in [7, 11) is 0. The van der Waals surface area contributed by atoms with Gasteiger partial charge in [-0.15, -0.1) is 17.9 Å². The fourth-order valence-electron chi connectivity index (χ4n) is 0.916. The van der Waals surface area contributed by atoms with Crippen LogP contribution in [0.4, 0.5) is 0 Å². The van der Waals surface area contributed by atoms with Gasteiger partial charge in [-0.25, -0.2) is 0 Å². The van der Waals surface area contributed by atoms with E-state index in [1.165, 1.54) is 11.3 Å². The minimum absolute atomic E-state index is 0.0724. The molecule has 0 saturated carbocycles. The van der Waals surface area contributed by atoms with E-state index in [0.717, 1.165) is 0 Å². The molecule has 1 rings (SSSR count). The van der Waals surface area contributed by atoms with E-state index in [1.54, 1.807) is 18.2 Å². The Morgan fingerprint density at radius 3 is 2.92 bits per heavy atom. The van der Waals surface area contributed by atoms with Gasteiger partial charge in [-0.1, -0.05) is 17.7 Å². The molecule has 1 aromatic rings. The van der Waals surface area contributed by atoms with E-state index >= 15 is 0 Å². The number of hydrogen-bond acceptors (Lipinski definition) is 3. The van der Waals surface area contributed by atoms with Crippen molar-refractivity contribution in [1.29, 1.82) is 0 Å². The van der Waals surface area contributed by atoms with Gasteiger partial charge in [-0.05, 0) is 18.6 Å². The van der Waals surface area contributed by atoms with Crippen molar-refractivity contribution in [1.82, 2.24) is 0 Å². The van der Waals surface area contributed by atoms with Gasteiger partial charge in [0.2, 0.25) is 0 Å². The monoisotopic (exact) mass is 215 g/mol. The van der Waals surface area contributed by atoms with Gasteiger partial charge in [-0.3, -0.25) is 4.79 Å². The fraction of sp³-hybridized carbons (Fsp3) is 0.222. The van der Waals surface area contributed by atoms with Gasteiger partial charge in [0.1, 0.15) is 0 Å². The number of nitrogens with two attached hydrogens (primary N) is 1. The van der Waals surface area contributed by atoms with Gasteiger partial charge < -0.3 is 5.73 Å². The SMILES string of the molecule is C=CCC(N)C(=O)c1ccc(Cl)s1. The maximum Gasteiger partial charge on any atom is 0.189 e. The zero-order valence-electron chi connectivity index (χ0n) is 7.00. The predicted molar refractivity (Wildman–Crippen MR) is 56.4 cm³/mol. The molecular weight excluding hydrogens is 206 g/mol. The van der Waals surface area contributed by atoms with Gasteiger partial charge in [0.15, 0.2) is 5.78 Å². The molecule has 1 heterocycles. The molecule has 0 aliphatic carbocycles. The van der Waals surface area contributed by atoms with Crippen molar-refractivity contribution in [3.63, 3.8) is 0 Å². The van der Waals surface area contributed by atoms with Crippen LogP contribution in [0.3, 0.4) is 0 Å². The molecule has 0 aromatic carbocycles. The zero-order valence-corrected chi connectivity index (χ0v) is 8.57. The topological polar surface area (TPSA) is 43.1 Å². The largest absolute Gasteiger partial charge is 0.321 e. The van der Waals surface area contributed by atoms with Crippen LogP contribution in [0.2, 0.25) is 4.34 Å². The summed E-state index contributed by atoms with van der Waals surface area (Å²) in [6, 6.07) is 2.89. The summed E-state index contributed by atoms with van der Waals surface area (Å²) >= 11 is 6.94. The Morgan fingerprint density at radius 2 is 2.46 bits per heavy atom. The molecule has 0 saturated heterocycles. The van der Waals surface area contributed by atoms with Crippen molar-refractivity contribution < 1.29 is 4.79 Å². The second-order valence-corrected chi connectivity index (χ2v) is 4.31. The lowest BCUT2D eigenvalue weighted by Gasteiger charge is -2.04. The molecule has 0 fully saturated rings. The average molecular weight is 216 g/mol. The number of carbonyl (C=O) groups is 1. The third kappa shape index (κ3) is 2.66. The van der Waals surface area contributed by atoms with Crippen LogP contribution in [-0.2, 0) is 0 Å². The lowest BCUT2D eigenvalue weighted by atomic mass is 10.1. The molecule has 2 N–H and O–H groups in total. The van der Waals surface area contributed by atoms with Crippen LogP contribution in [0, 0.1) is 0 Å². The van der Waals surface area contributed by atoms with Crippen molar-refractivity contribution in [2.75, 3.05) is 0 Å². The number of carbonyl (C=O) groups excluding carboxylic acids is 1. The van der Waals surface area contributed by atoms with Gasteiger partial charge in [0.25, 0.3) is 0 Å². The minimum atomic E-state index is -0.493. The molecule has 0 spiro atoms. The van der Waals surface area contributed by atoms with Crippen LogP contribution < -0.4 is 5.73 Å². The summed E-state index contributed by atoms with van der Waals surface area (Å²) in [5.41, 5.74) is 5.61. The van der Waals surface area contributed by atoms with Crippen LogP contribution in [0.5, 0.6) is 0 Å². The fourth-order valence-corrected chi connectivity index (χ4v) is 1.96. The van der Waals surface area contributed by atoms with Crippen molar-refractivity contribution in [2.45, 2.75) is 12.5 Å². The smallest absolute Gasteiger partial charge is 0.189 e. The lowest BCUT2D eigenvalue weighted by molar-refractivity contribution is 0.0966. The molecule has 0 aliphatic rings. The maximum atomic E-state index is 11.5. The first-order valence-corrected chi connectivity index (χ1v) is 5.00. The number of hydrogen-bond donors (Lipinski definition) is 1. The Balaban J connectivity index is 2.73. The van der Waals surface area contributed by atoms with Gasteiger partial charge >= 0.3 is 0 Å². The van der Waals surface area contributed by atoms with Crippen LogP contribution in [0.15, 0.2) is 24.8 Å². The van der Waals surface area contributed by atoms with Crippen molar-refractivity contribution in [3.8, 4) is 0 Å². The predicted octanol–water partition coefficient (Wildman–Crippen LogP) is 2.49. The molecule has 0 aliphatic heterocycles. The Kier molecular flexibility index (Phi) is 3.66. The van der Waals surface area contributed by atoms with E-state index in [9.17, 15) is 4.79 Å². The molecular formula is C9H10ClNOS. The van der Waals surface area contributed by atoms with Crippen LogP contribution in [0.1, 0.15) is 16.1 Å². The first-order chi connectivity index (χ1) is 6.15. The van der Waals surface area contributed by atoms with E-state index in [-0.39, 0.29) is 5.78 Å².